The number of rotatable bonds is 6. The van der Waals surface area contributed by atoms with Gasteiger partial charge in [-0.05, 0) is 32.0 Å². The summed E-state index contributed by atoms with van der Waals surface area (Å²) in [5.41, 5.74) is 7.90. The first-order chi connectivity index (χ1) is 12.5. The number of nitrogen functional groups attached to an aromatic ring is 1. The van der Waals surface area contributed by atoms with Gasteiger partial charge in [-0.2, -0.15) is 0 Å². The molecule has 0 unspecified atom stereocenters. The molecule has 1 fully saturated rings. The minimum atomic E-state index is 0.0414. The van der Waals surface area contributed by atoms with Gasteiger partial charge in [-0.15, -0.1) is 0 Å². The maximum absolute atomic E-state index is 12.6. The van der Waals surface area contributed by atoms with Gasteiger partial charge in [0.1, 0.15) is 5.82 Å². The predicted molar refractivity (Wildman–Crippen MR) is 104 cm³/mol. The summed E-state index contributed by atoms with van der Waals surface area (Å²) in [5, 5.41) is 0. The summed E-state index contributed by atoms with van der Waals surface area (Å²) in [5.74, 6) is 0.435. The van der Waals surface area contributed by atoms with E-state index in [1.807, 2.05) is 31.3 Å². The first-order valence-corrected chi connectivity index (χ1v) is 9.18. The molecule has 3 rings (SSSR count). The maximum Gasteiger partial charge on any atom is 0.253 e. The molecule has 1 aliphatic rings. The first-order valence-electron chi connectivity index (χ1n) is 9.18. The molecule has 0 aliphatic heterocycles. The lowest BCUT2D eigenvalue weighted by atomic mass is 10.1. The zero-order chi connectivity index (χ0) is 18.5. The molecule has 0 saturated heterocycles. The highest BCUT2D eigenvalue weighted by Crippen LogP contribution is 2.22. The smallest absolute Gasteiger partial charge is 0.253 e. The van der Waals surface area contributed by atoms with Gasteiger partial charge in [0.15, 0.2) is 0 Å². The van der Waals surface area contributed by atoms with Gasteiger partial charge < -0.3 is 15.5 Å². The Bertz CT molecular complexity index is 723. The fourth-order valence-electron chi connectivity index (χ4n) is 3.43. The van der Waals surface area contributed by atoms with Crippen LogP contribution in [0.25, 0.3) is 11.3 Å². The lowest BCUT2D eigenvalue weighted by Gasteiger charge is -2.26. The average Bonchev–Trinajstić information content (AvgIpc) is 3.21. The summed E-state index contributed by atoms with van der Waals surface area (Å²) < 4.78 is 0. The Kier molecular flexibility index (Phi) is 5.83. The molecule has 6 nitrogen and oxygen atoms in total. The SMILES string of the molecule is CN(CCN(C)C1CCCC1)C(=O)c1ccc(-c2cnc(N)cn2)cc1. The molecule has 1 saturated carbocycles. The molecular weight excluding hydrogens is 326 g/mol. The number of hydrogen-bond acceptors (Lipinski definition) is 5. The van der Waals surface area contributed by atoms with Crippen molar-refractivity contribution >= 4 is 11.7 Å². The summed E-state index contributed by atoms with van der Waals surface area (Å²) in [6.45, 7) is 1.64. The van der Waals surface area contributed by atoms with Crippen LogP contribution in [0, 0.1) is 0 Å². The third-order valence-electron chi connectivity index (χ3n) is 5.18. The number of likely N-dealkylation sites (N-methyl/N-ethyl adjacent to an activating group) is 2. The fourth-order valence-corrected chi connectivity index (χ4v) is 3.43. The van der Waals surface area contributed by atoms with Crippen LogP contribution in [0.2, 0.25) is 0 Å². The Morgan fingerprint density at radius 2 is 1.77 bits per heavy atom. The van der Waals surface area contributed by atoms with Crippen LogP contribution < -0.4 is 5.73 Å². The lowest BCUT2D eigenvalue weighted by Crippen LogP contribution is -2.38. The number of hydrogen-bond donors (Lipinski definition) is 1. The van der Waals surface area contributed by atoms with Crippen molar-refractivity contribution in [1.82, 2.24) is 19.8 Å². The number of nitrogens with zero attached hydrogens (tertiary/aromatic N) is 4. The Morgan fingerprint density at radius 3 is 2.38 bits per heavy atom. The minimum Gasteiger partial charge on any atom is -0.382 e. The van der Waals surface area contributed by atoms with Crippen LogP contribution in [0.5, 0.6) is 0 Å². The van der Waals surface area contributed by atoms with E-state index < -0.39 is 0 Å². The fraction of sp³-hybridized carbons (Fsp3) is 0.450. The van der Waals surface area contributed by atoms with Gasteiger partial charge in [0, 0.05) is 37.3 Å². The van der Waals surface area contributed by atoms with Crippen LogP contribution in [0.15, 0.2) is 36.7 Å². The quantitative estimate of drug-likeness (QED) is 0.864. The van der Waals surface area contributed by atoms with Crippen molar-refractivity contribution in [2.24, 2.45) is 0 Å². The number of carbonyl (C=O) groups excluding carboxylic acids is 1. The highest BCUT2D eigenvalue weighted by molar-refractivity contribution is 5.94. The molecule has 0 radical (unpaired) electrons. The van der Waals surface area contributed by atoms with Gasteiger partial charge in [0.25, 0.3) is 5.91 Å². The van der Waals surface area contributed by atoms with E-state index in [0.717, 1.165) is 24.3 Å². The first kappa shape index (κ1) is 18.3. The van der Waals surface area contributed by atoms with Crippen LogP contribution >= 0.6 is 0 Å². The molecule has 26 heavy (non-hydrogen) atoms. The van der Waals surface area contributed by atoms with E-state index in [2.05, 4.69) is 21.9 Å². The van der Waals surface area contributed by atoms with Gasteiger partial charge in [-0.25, -0.2) is 4.98 Å². The van der Waals surface area contributed by atoms with Gasteiger partial charge >= 0.3 is 0 Å². The van der Waals surface area contributed by atoms with E-state index in [9.17, 15) is 4.79 Å². The van der Waals surface area contributed by atoms with Crippen molar-refractivity contribution in [3.8, 4) is 11.3 Å². The Labute approximate surface area is 155 Å². The summed E-state index contributed by atoms with van der Waals surface area (Å²) in [7, 11) is 4.03. The molecule has 2 aromatic rings. The molecule has 1 amide bonds. The second kappa shape index (κ2) is 8.27. The summed E-state index contributed by atoms with van der Waals surface area (Å²) >= 11 is 0. The molecule has 1 aromatic heterocycles. The number of amides is 1. The van der Waals surface area contributed by atoms with Crippen LogP contribution in [-0.4, -0.2) is 58.9 Å². The maximum atomic E-state index is 12.6. The molecule has 1 heterocycles. The van der Waals surface area contributed by atoms with Crippen LogP contribution in [0.3, 0.4) is 0 Å². The van der Waals surface area contributed by atoms with E-state index >= 15 is 0 Å². The Hall–Kier alpha value is -2.47. The van der Waals surface area contributed by atoms with E-state index in [1.54, 1.807) is 11.1 Å². The standard InChI is InChI=1S/C20H27N5O/c1-24(17-5-3-4-6-17)11-12-25(2)20(26)16-9-7-15(8-10-16)18-13-23-19(21)14-22-18/h7-10,13-14,17H,3-6,11-12H2,1-2H3,(H2,21,23). The van der Waals surface area contributed by atoms with Gasteiger partial charge in [0.05, 0.1) is 18.1 Å². The molecule has 2 N–H and O–H groups in total. The van der Waals surface area contributed by atoms with Gasteiger partial charge in [-0.1, -0.05) is 25.0 Å². The zero-order valence-corrected chi connectivity index (χ0v) is 15.6. The number of nitrogens with two attached hydrogens (primary N) is 1. The minimum absolute atomic E-state index is 0.0414. The summed E-state index contributed by atoms with van der Waals surface area (Å²) in [4.78, 5) is 25.1. The normalized spacial score (nSPS) is 14.7. The van der Waals surface area contributed by atoms with Crippen molar-refractivity contribution in [2.75, 3.05) is 32.9 Å². The van der Waals surface area contributed by atoms with Crippen molar-refractivity contribution in [2.45, 2.75) is 31.7 Å². The van der Waals surface area contributed by atoms with E-state index in [4.69, 9.17) is 5.73 Å². The average molecular weight is 353 g/mol. The van der Waals surface area contributed by atoms with Crippen LogP contribution in [-0.2, 0) is 0 Å². The van der Waals surface area contributed by atoms with Gasteiger partial charge in [-0.3, -0.25) is 9.78 Å². The van der Waals surface area contributed by atoms with E-state index in [0.29, 0.717) is 17.4 Å². The Morgan fingerprint density at radius 1 is 1.08 bits per heavy atom. The lowest BCUT2D eigenvalue weighted by molar-refractivity contribution is 0.0774. The van der Waals surface area contributed by atoms with Crippen LogP contribution in [0.1, 0.15) is 36.0 Å². The summed E-state index contributed by atoms with van der Waals surface area (Å²) in [6, 6.07) is 8.15. The van der Waals surface area contributed by atoms with Crippen molar-refractivity contribution in [3.05, 3.63) is 42.2 Å². The highest BCUT2D eigenvalue weighted by atomic mass is 16.2. The molecule has 0 bridgehead atoms. The number of benzene rings is 1. The highest BCUT2D eigenvalue weighted by Gasteiger charge is 2.20. The van der Waals surface area contributed by atoms with Crippen molar-refractivity contribution in [1.29, 1.82) is 0 Å². The Balaban J connectivity index is 1.57. The zero-order valence-electron chi connectivity index (χ0n) is 15.6. The van der Waals surface area contributed by atoms with Crippen LogP contribution in [0.4, 0.5) is 5.82 Å². The molecule has 1 aliphatic carbocycles. The molecule has 1 aromatic carbocycles. The second-order valence-corrected chi connectivity index (χ2v) is 7.05. The monoisotopic (exact) mass is 353 g/mol. The largest absolute Gasteiger partial charge is 0.382 e. The number of aromatic nitrogens is 2. The molecular formula is C20H27N5O. The number of anilines is 1. The topological polar surface area (TPSA) is 75.3 Å². The molecule has 0 atom stereocenters. The third kappa shape index (κ3) is 4.38. The summed E-state index contributed by atoms with van der Waals surface area (Å²) in [6.07, 6.45) is 8.39. The van der Waals surface area contributed by atoms with Crippen molar-refractivity contribution < 1.29 is 4.79 Å². The molecule has 0 spiro atoms. The number of carbonyl (C=O) groups is 1. The second-order valence-electron chi connectivity index (χ2n) is 7.05. The predicted octanol–water partition coefficient (Wildman–Crippen LogP) is 2.67. The molecule has 138 valence electrons. The van der Waals surface area contributed by atoms with E-state index in [1.165, 1.54) is 31.9 Å². The van der Waals surface area contributed by atoms with E-state index in [-0.39, 0.29) is 5.91 Å². The third-order valence-corrected chi connectivity index (χ3v) is 5.18. The van der Waals surface area contributed by atoms with Gasteiger partial charge in [0.2, 0.25) is 0 Å². The molecule has 6 heteroatoms. The van der Waals surface area contributed by atoms with Crippen molar-refractivity contribution in [3.63, 3.8) is 0 Å².